The number of hydrazone groups is 1. The number of carbonyl (C=O) groups is 4. The molecule has 3 aliphatic heterocycles. The fraction of sp³-hybridized carbons (Fsp3) is 0.536. The first-order valence-electron chi connectivity index (χ1n) is 14.6. The van der Waals surface area contributed by atoms with Crippen molar-refractivity contribution in [2.24, 2.45) is 5.10 Å². The van der Waals surface area contributed by atoms with Gasteiger partial charge in [-0.1, -0.05) is 11.6 Å². The summed E-state index contributed by atoms with van der Waals surface area (Å²) >= 11 is 11.2. The van der Waals surface area contributed by atoms with Crippen LogP contribution >= 0.6 is 39.3 Å². The first-order chi connectivity index (χ1) is 21.6. The highest BCUT2D eigenvalue weighted by atomic mass is 79.9. The number of rotatable bonds is 12. The maximum atomic E-state index is 13.2. The quantitative estimate of drug-likeness (QED) is 0.104. The molecule has 1 aromatic carbocycles. The Bertz CT molecular complexity index is 1570. The van der Waals surface area contributed by atoms with E-state index >= 15 is 0 Å². The molecule has 6 N–H and O–H groups in total. The Morgan fingerprint density at radius 3 is 2.80 bits per heavy atom. The van der Waals surface area contributed by atoms with Gasteiger partial charge >= 0.3 is 6.03 Å². The molecule has 4 heterocycles. The van der Waals surface area contributed by atoms with Crippen LogP contribution in [-0.2, 0) is 20.9 Å². The highest BCUT2D eigenvalue weighted by Crippen LogP contribution is 2.32. The number of urea groups is 1. The number of aliphatic hydroxyl groups excluding tert-OH is 1. The molecule has 0 aliphatic carbocycles. The number of ketones is 1. The van der Waals surface area contributed by atoms with Crippen LogP contribution < -0.4 is 32.3 Å². The van der Waals surface area contributed by atoms with E-state index in [-0.39, 0.29) is 79.5 Å². The zero-order chi connectivity index (χ0) is 32.1. The van der Waals surface area contributed by atoms with Gasteiger partial charge in [0.1, 0.15) is 5.78 Å². The van der Waals surface area contributed by atoms with Crippen molar-refractivity contribution in [1.29, 1.82) is 0 Å². The lowest BCUT2D eigenvalue weighted by molar-refractivity contribution is -0.127. The third kappa shape index (κ3) is 8.61. The van der Waals surface area contributed by atoms with Gasteiger partial charge in [-0.25, -0.2) is 15.2 Å². The lowest BCUT2D eigenvalue weighted by Crippen LogP contribution is -2.46. The monoisotopic (exact) mass is 724 g/mol. The van der Waals surface area contributed by atoms with E-state index in [2.05, 4.69) is 52.7 Å². The Hall–Kier alpha value is -3.05. The Morgan fingerprint density at radius 2 is 2.00 bits per heavy atom. The normalized spacial score (nSPS) is 24.6. The topological polar surface area (TPSA) is 196 Å². The van der Waals surface area contributed by atoms with Gasteiger partial charge < -0.3 is 26.4 Å². The predicted octanol–water partition coefficient (Wildman–Crippen LogP) is 0.809. The van der Waals surface area contributed by atoms with Crippen molar-refractivity contribution in [2.45, 2.75) is 74.5 Å². The van der Waals surface area contributed by atoms with Crippen molar-refractivity contribution < 1.29 is 24.3 Å². The van der Waals surface area contributed by atoms with E-state index in [4.69, 9.17) is 11.6 Å². The van der Waals surface area contributed by atoms with Gasteiger partial charge in [0.15, 0.2) is 0 Å². The Kier molecular flexibility index (Phi) is 11.1. The number of thioether (sulfide) groups is 1. The SMILES string of the molecule is O=C(CCC(=O)NCC(=O)N/N=C(\CC1NCCCC1O)Cn1cnc2cc(Br)c(Cl)cc2c1=O)CC1SCC2NC(=O)NC21. The van der Waals surface area contributed by atoms with E-state index in [1.807, 2.05) is 0 Å². The van der Waals surface area contributed by atoms with Crippen molar-refractivity contribution in [3.05, 3.63) is 38.3 Å². The van der Waals surface area contributed by atoms with Crippen LogP contribution in [0.5, 0.6) is 0 Å². The number of nitrogens with one attached hydrogen (secondary N) is 5. The Morgan fingerprint density at radius 1 is 1.18 bits per heavy atom. The maximum absolute atomic E-state index is 13.2. The first-order valence-corrected chi connectivity index (χ1v) is 16.9. The van der Waals surface area contributed by atoms with Crippen molar-refractivity contribution in [3.8, 4) is 0 Å². The van der Waals surface area contributed by atoms with Gasteiger partial charge in [0, 0.05) is 47.2 Å². The number of Topliss-reactive ketones (excluding diaryl/α,β-unsaturated/α-hetero) is 1. The average Bonchev–Trinajstić information content (AvgIpc) is 3.56. The molecular weight excluding hydrogens is 692 g/mol. The summed E-state index contributed by atoms with van der Waals surface area (Å²) in [6, 6.07) is 2.56. The highest BCUT2D eigenvalue weighted by Gasteiger charge is 2.43. The molecule has 3 saturated heterocycles. The van der Waals surface area contributed by atoms with Gasteiger partial charge in [0.25, 0.3) is 11.5 Å². The fourth-order valence-electron chi connectivity index (χ4n) is 5.60. The lowest BCUT2D eigenvalue weighted by Gasteiger charge is -2.29. The van der Waals surface area contributed by atoms with Gasteiger partial charge in [-0.15, -0.1) is 0 Å². The molecule has 1 aromatic heterocycles. The fourth-order valence-corrected chi connectivity index (χ4v) is 7.61. The minimum absolute atomic E-state index is 0.00423. The summed E-state index contributed by atoms with van der Waals surface area (Å²) in [4.78, 5) is 66.5. The average molecular weight is 726 g/mol. The smallest absolute Gasteiger partial charge is 0.315 e. The first kappa shape index (κ1) is 33.3. The van der Waals surface area contributed by atoms with Crippen molar-refractivity contribution in [3.63, 3.8) is 0 Å². The molecule has 0 radical (unpaired) electrons. The Labute approximate surface area is 276 Å². The zero-order valence-corrected chi connectivity index (χ0v) is 27.3. The lowest BCUT2D eigenvalue weighted by atomic mass is 9.96. The van der Waals surface area contributed by atoms with Crippen molar-refractivity contribution in [1.82, 2.24) is 36.2 Å². The number of aromatic nitrogens is 2. The molecule has 0 spiro atoms. The van der Waals surface area contributed by atoms with Crippen LogP contribution in [-0.4, -0.2) is 92.3 Å². The number of amides is 4. The van der Waals surface area contributed by atoms with Gasteiger partial charge in [-0.3, -0.25) is 23.7 Å². The molecule has 4 amide bonds. The van der Waals surface area contributed by atoms with Crippen molar-refractivity contribution >= 4 is 79.5 Å². The van der Waals surface area contributed by atoms with Gasteiger partial charge in [-0.2, -0.15) is 16.9 Å². The van der Waals surface area contributed by atoms with Crippen molar-refractivity contribution in [2.75, 3.05) is 18.8 Å². The van der Waals surface area contributed by atoms with Gasteiger partial charge in [0.05, 0.1) is 59.2 Å². The summed E-state index contributed by atoms with van der Waals surface area (Å²) < 4.78 is 1.97. The van der Waals surface area contributed by atoms with E-state index < -0.39 is 17.9 Å². The molecule has 5 rings (SSSR count). The van der Waals surface area contributed by atoms with E-state index in [1.54, 1.807) is 17.8 Å². The molecular formula is C28H34BrClN8O6S. The predicted molar refractivity (Wildman–Crippen MR) is 173 cm³/mol. The van der Waals surface area contributed by atoms with E-state index in [9.17, 15) is 29.1 Å². The summed E-state index contributed by atoms with van der Waals surface area (Å²) in [7, 11) is 0. The number of hydrogen-bond acceptors (Lipinski definition) is 10. The number of hydrogen-bond donors (Lipinski definition) is 6. The molecule has 3 aliphatic rings. The molecule has 0 saturated carbocycles. The minimum atomic E-state index is -0.619. The molecule has 5 unspecified atom stereocenters. The van der Waals surface area contributed by atoms with Crippen LogP contribution in [0.3, 0.4) is 0 Å². The van der Waals surface area contributed by atoms with Crippen LogP contribution in [0.25, 0.3) is 10.9 Å². The number of nitrogens with zero attached hydrogens (tertiary/aromatic N) is 3. The summed E-state index contributed by atoms with van der Waals surface area (Å²) in [6.07, 6.45) is 2.68. The van der Waals surface area contributed by atoms with E-state index in [0.717, 1.165) is 18.7 Å². The number of piperidine rings is 1. The summed E-state index contributed by atoms with van der Waals surface area (Å²) in [5.41, 5.74) is 2.95. The summed E-state index contributed by atoms with van der Waals surface area (Å²) in [6.45, 7) is 0.351. The molecule has 14 nitrogen and oxygen atoms in total. The standard InChI is InChI=1S/C28H34BrClN8O6S/c29-17-9-19-16(8-18(17)30)27(43)38(13-33-19)11-14(6-20-22(40)2-1-5-31-20)36-37-25(42)10-32-24(41)4-3-15(39)7-23-26-21(12-45-23)34-28(44)35-26/h8-9,13,20-23,26,31,40H,1-7,10-12H2,(H,32,41)(H,37,42)(H2,34,35,44)/b36-14+. The van der Waals surface area contributed by atoms with Crippen LogP contribution in [0, 0.1) is 0 Å². The second-order valence-electron chi connectivity index (χ2n) is 11.3. The van der Waals surface area contributed by atoms with Crippen LogP contribution in [0.15, 0.2) is 32.8 Å². The Balaban J connectivity index is 1.15. The zero-order valence-electron chi connectivity index (χ0n) is 24.2. The molecule has 2 aromatic rings. The second kappa shape index (κ2) is 15.0. The molecule has 242 valence electrons. The number of fused-ring (bicyclic) bond motifs is 2. The molecule has 3 fully saturated rings. The molecule has 0 bridgehead atoms. The summed E-state index contributed by atoms with van der Waals surface area (Å²) in [5.74, 6) is -0.399. The number of benzene rings is 1. The maximum Gasteiger partial charge on any atom is 0.315 e. The van der Waals surface area contributed by atoms with Crippen LogP contribution in [0.4, 0.5) is 4.79 Å². The molecule has 45 heavy (non-hydrogen) atoms. The third-order valence-corrected chi connectivity index (χ3v) is 10.6. The van der Waals surface area contributed by atoms with E-state index in [1.165, 1.54) is 17.0 Å². The minimum Gasteiger partial charge on any atom is -0.391 e. The third-order valence-electron chi connectivity index (χ3n) is 8.00. The van der Waals surface area contributed by atoms with Crippen LogP contribution in [0.1, 0.15) is 38.5 Å². The molecule has 5 atom stereocenters. The van der Waals surface area contributed by atoms with Crippen LogP contribution in [0.2, 0.25) is 5.02 Å². The summed E-state index contributed by atoms with van der Waals surface area (Å²) in [5, 5.41) is 26.8. The van der Waals surface area contributed by atoms with Gasteiger partial charge in [-0.05, 0) is 47.4 Å². The number of aliphatic hydroxyl groups is 1. The van der Waals surface area contributed by atoms with Gasteiger partial charge in [0.2, 0.25) is 5.91 Å². The largest absolute Gasteiger partial charge is 0.391 e. The van der Waals surface area contributed by atoms with E-state index in [0.29, 0.717) is 32.5 Å². The second-order valence-corrected chi connectivity index (χ2v) is 13.8. The highest BCUT2D eigenvalue weighted by molar-refractivity contribution is 9.10. The number of halogens is 2. The molecule has 17 heteroatoms. The number of carbonyl (C=O) groups excluding carboxylic acids is 4.